The van der Waals surface area contributed by atoms with E-state index in [1.165, 1.54) is 6.07 Å². The van der Waals surface area contributed by atoms with Gasteiger partial charge in [-0.25, -0.2) is 4.39 Å². The highest BCUT2D eigenvalue weighted by Gasteiger charge is 2.28. The number of hydrogen-bond donors (Lipinski definition) is 2. The molecule has 1 fully saturated rings. The molecular weight excluding hydrogens is 452 g/mol. The van der Waals surface area contributed by atoms with Crippen molar-refractivity contribution in [1.82, 2.24) is 10.2 Å². The Morgan fingerprint density at radius 3 is 2.92 bits per heavy atom. The molecule has 0 saturated carbocycles. The third-order valence-electron chi connectivity index (χ3n) is 4.28. The van der Waals surface area contributed by atoms with Crippen LogP contribution in [0.2, 0.25) is 0 Å². The molecule has 26 heavy (non-hydrogen) atoms. The first-order chi connectivity index (χ1) is 12.1. The molecule has 1 heterocycles. The van der Waals surface area contributed by atoms with Crippen LogP contribution in [0.4, 0.5) is 4.39 Å². The van der Waals surface area contributed by atoms with Gasteiger partial charge in [-0.2, -0.15) is 0 Å². The van der Waals surface area contributed by atoms with Crippen LogP contribution in [-0.2, 0) is 22.7 Å². The molecule has 1 aromatic carbocycles. The van der Waals surface area contributed by atoms with E-state index in [-0.39, 0.29) is 48.0 Å². The summed E-state index contributed by atoms with van der Waals surface area (Å²) in [5, 5.41) is 12.4. The Morgan fingerprint density at radius 1 is 1.50 bits per heavy atom. The van der Waals surface area contributed by atoms with Gasteiger partial charge in [0.25, 0.3) is 0 Å². The Kier molecular flexibility index (Phi) is 9.85. The largest absolute Gasteiger partial charge is 0.466 e. The number of aliphatic hydroxyl groups excluding tert-OH is 1. The van der Waals surface area contributed by atoms with Gasteiger partial charge in [0.2, 0.25) is 0 Å². The van der Waals surface area contributed by atoms with Crippen molar-refractivity contribution in [2.75, 3.05) is 26.7 Å². The van der Waals surface area contributed by atoms with Gasteiger partial charge in [0, 0.05) is 32.2 Å². The molecule has 0 radical (unpaired) electrons. The minimum atomic E-state index is -0.413. The Bertz CT molecular complexity index is 628. The zero-order chi connectivity index (χ0) is 18.2. The summed E-state index contributed by atoms with van der Waals surface area (Å²) in [5.41, 5.74) is 1.13. The molecule has 1 atom stereocenters. The van der Waals surface area contributed by atoms with E-state index in [4.69, 9.17) is 9.84 Å². The SMILES string of the molecule is CCOC(=O)C1CCCN(C(=NC)NCc2ccc(F)c(CO)c2)C1.I. The minimum Gasteiger partial charge on any atom is -0.466 e. The fourth-order valence-corrected chi connectivity index (χ4v) is 2.99. The summed E-state index contributed by atoms with van der Waals surface area (Å²) >= 11 is 0. The van der Waals surface area contributed by atoms with Gasteiger partial charge in [-0.15, -0.1) is 24.0 Å². The van der Waals surface area contributed by atoms with Crippen LogP contribution < -0.4 is 5.32 Å². The van der Waals surface area contributed by atoms with E-state index in [9.17, 15) is 9.18 Å². The molecule has 0 spiro atoms. The summed E-state index contributed by atoms with van der Waals surface area (Å²) in [5.74, 6) is -0.0133. The van der Waals surface area contributed by atoms with E-state index in [1.54, 1.807) is 19.2 Å². The maximum absolute atomic E-state index is 13.5. The van der Waals surface area contributed by atoms with Crippen molar-refractivity contribution < 1.29 is 19.0 Å². The topological polar surface area (TPSA) is 74.2 Å². The van der Waals surface area contributed by atoms with Crippen molar-refractivity contribution in [2.24, 2.45) is 10.9 Å². The number of aliphatic imine (C=N–C) groups is 1. The number of nitrogens with zero attached hydrogens (tertiary/aromatic N) is 2. The van der Waals surface area contributed by atoms with Crippen LogP contribution in [0.5, 0.6) is 0 Å². The van der Waals surface area contributed by atoms with E-state index in [1.807, 2.05) is 11.8 Å². The molecule has 6 nitrogen and oxygen atoms in total. The molecule has 1 saturated heterocycles. The first-order valence-corrected chi connectivity index (χ1v) is 8.59. The van der Waals surface area contributed by atoms with Crippen molar-refractivity contribution in [3.05, 3.63) is 35.1 Å². The van der Waals surface area contributed by atoms with Crippen LogP contribution >= 0.6 is 24.0 Å². The van der Waals surface area contributed by atoms with Crippen molar-refractivity contribution in [3.63, 3.8) is 0 Å². The standard InChI is InChI=1S/C18H26FN3O3.HI/c1-3-25-17(24)14-5-4-8-22(11-14)18(20-2)21-10-13-6-7-16(19)15(9-13)12-23;/h6-7,9,14,23H,3-5,8,10-12H2,1-2H3,(H,20,21);1H. The van der Waals surface area contributed by atoms with Gasteiger partial charge in [0.15, 0.2) is 5.96 Å². The second-order valence-electron chi connectivity index (χ2n) is 6.02. The van der Waals surface area contributed by atoms with Gasteiger partial charge in [0.1, 0.15) is 5.82 Å². The highest BCUT2D eigenvalue weighted by molar-refractivity contribution is 14.0. The number of guanidine groups is 1. The van der Waals surface area contributed by atoms with Crippen LogP contribution in [0.25, 0.3) is 0 Å². The first-order valence-electron chi connectivity index (χ1n) is 8.59. The summed E-state index contributed by atoms with van der Waals surface area (Å²) < 4.78 is 18.6. The number of nitrogens with one attached hydrogen (secondary N) is 1. The molecule has 146 valence electrons. The van der Waals surface area contributed by atoms with Gasteiger partial charge in [0.05, 0.1) is 19.1 Å². The molecule has 0 bridgehead atoms. The number of carbonyl (C=O) groups excluding carboxylic acids is 1. The van der Waals surface area contributed by atoms with E-state index in [0.717, 1.165) is 24.9 Å². The quantitative estimate of drug-likeness (QED) is 0.294. The molecule has 1 aromatic rings. The van der Waals surface area contributed by atoms with Gasteiger partial charge >= 0.3 is 5.97 Å². The Hall–Kier alpha value is -1.42. The van der Waals surface area contributed by atoms with Gasteiger partial charge < -0.3 is 20.1 Å². The third-order valence-corrected chi connectivity index (χ3v) is 4.28. The lowest BCUT2D eigenvalue weighted by Gasteiger charge is -2.34. The number of benzene rings is 1. The second-order valence-corrected chi connectivity index (χ2v) is 6.02. The molecule has 8 heteroatoms. The van der Waals surface area contributed by atoms with E-state index in [0.29, 0.717) is 25.7 Å². The Balaban J connectivity index is 0.00000338. The van der Waals surface area contributed by atoms with Crippen molar-refractivity contribution in [1.29, 1.82) is 0 Å². The molecule has 1 aliphatic heterocycles. The van der Waals surface area contributed by atoms with E-state index < -0.39 is 5.82 Å². The normalized spacial score (nSPS) is 17.5. The second kappa shape index (κ2) is 11.3. The highest BCUT2D eigenvalue weighted by atomic mass is 127. The Labute approximate surface area is 170 Å². The number of esters is 1. The van der Waals surface area contributed by atoms with Crippen LogP contribution in [0, 0.1) is 11.7 Å². The smallest absolute Gasteiger partial charge is 0.310 e. The van der Waals surface area contributed by atoms with Gasteiger partial charge in [-0.05, 0) is 37.5 Å². The summed E-state index contributed by atoms with van der Waals surface area (Å²) in [7, 11) is 1.69. The van der Waals surface area contributed by atoms with Crippen molar-refractivity contribution in [3.8, 4) is 0 Å². The predicted octanol–water partition coefficient (Wildman–Crippen LogP) is 2.29. The molecular formula is C18H27FIN3O3. The molecule has 1 aliphatic rings. The van der Waals surface area contributed by atoms with E-state index in [2.05, 4.69) is 10.3 Å². The van der Waals surface area contributed by atoms with Gasteiger partial charge in [-0.3, -0.25) is 9.79 Å². The lowest BCUT2D eigenvalue weighted by molar-refractivity contribution is -0.149. The van der Waals surface area contributed by atoms with Crippen molar-refractivity contribution in [2.45, 2.75) is 32.9 Å². The lowest BCUT2D eigenvalue weighted by atomic mass is 9.98. The maximum Gasteiger partial charge on any atom is 0.310 e. The number of aliphatic hydroxyl groups is 1. The number of halogens is 2. The summed E-state index contributed by atoms with van der Waals surface area (Å²) in [6.45, 7) is 3.72. The summed E-state index contributed by atoms with van der Waals surface area (Å²) in [4.78, 5) is 18.3. The van der Waals surface area contributed by atoms with Crippen LogP contribution in [-0.4, -0.2) is 48.7 Å². The molecule has 1 unspecified atom stereocenters. The zero-order valence-corrected chi connectivity index (χ0v) is 17.5. The Morgan fingerprint density at radius 2 is 2.27 bits per heavy atom. The third kappa shape index (κ3) is 6.08. The molecule has 2 rings (SSSR count). The first kappa shape index (κ1) is 22.6. The average Bonchev–Trinajstić information content (AvgIpc) is 2.64. The number of likely N-dealkylation sites (tertiary alicyclic amines) is 1. The highest BCUT2D eigenvalue weighted by Crippen LogP contribution is 2.18. The maximum atomic E-state index is 13.5. The zero-order valence-electron chi connectivity index (χ0n) is 15.2. The molecule has 0 aromatic heterocycles. The number of ether oxygens (including phenoxy) is 1. The number of hydrogen-bond acceptors (Lipinski definition) is 4. The molecule has 2 N–H and O–H groups in total. The number of rotatable bonds is 5. The minimum absolute atomic E-state index is 0. The fourth-order valence-electron chi connectivity index (χ4n) is 2.99. The van der Waals surface area contributed by atoms with Crippen LogP contribution in [0.15, 0.2) is 23.2 Å². The van der Waals surface area contributed by atoms with Crippen LogP contribution in [0.1, 0.15) is 30.9 Å². The number of piperidine rings is 1. The van der Waals surface area contributed by atoms with Crippen molar-refractivity contribution >= 4 is 35.9 Å². The van der Waals surface area contributed by atoms with Gasteiger partial charge in [-0.1, -0.05) is 6.07 Å². The predicted molar refractivity (Wildman–Crippen MR) is 109 cm³/mol. The summed E-state index contributed by atoms with van der Waals surface area (Å²) in [6, 6.07) is 4.66. The number of carbonyl (C=O) groups is 1. The monoisotopic (exact) mass is 479 g/mol. The molecule has 0 amide bonds. The summed E-state index contributed by atoms with van der Waals surface area (Å²) in [6.07, 6.45) is 1.72. The van der Waals surface area contributed by atoms with Crippen LogP contribution in [0.3, 0.4) is 0 Å². The molecule has 0 aliphatic carbocycles. The lowest BCUT2D eigenvalue weighted by Crippen LogP contribution is -2.48. The average molecular weight is 479 g/mol. The van der Waals surface area contributed by atoms with E-state index >= 15 is 0 Å². The fraction of sp³-hybridized carbons (Fsp3) is 0.556.